The molecule has 8 heteroatoms. The van der Waals surface area contributed by atoms with Crippen LogP contribution in [0.4, 0.5) is 4.79 Å². The summed E-state index contributed by atoms with van der Waals surface area (Å²) in [7, 11) is -4.23. The molecular formula is C12H21NO6S. The molecule has 0 aromatic rings. The van der Waals surface area contributed by atoms with E-state index in [1.54, 1.807) is 20.8 Å². The van der Waals surface area contributed by atoms with Gasteiger partial charge in [-0.15, -0.1) is 0 Å². The van der Waals surface area contributed by atoms with Crippen LogP contribution in [0.2, 0.25) is 0 Å². The minimum Gasteiger partial charge on any atom is -0.444 e. The zero-order chi connectivity index (χ0) is 15.2. The number of rotatable bonds is 1. The summed E-state index contributed by atoms with van der Waals surface area (Å²) in [5.74, 6) is 0. The lowest BCUT2D eigenvalue weighted by Crippen LogP contribution is -2.40. The second-order valence-corrected chi connectivity index (χ2v) is 8.13. The summed E-state index contributed by atoms with van der Waals surface area (Å²) in [5, 5.41) is -1.01. The van der Waals surface area contributed by atoms with Crippen LogP contribution in [0.5, 0.6) is 0 Å². The van der Waals surface area contributed by atoms with Gasteiger partial charge in [-0.1, -0.05) is 0 Å². The molecule has 2 fully saturated rings. The molecule has 1 amide bonds. The van der Waals surface area contributed by atoms with Crippen LogP contribution in [0.1, 0.15) is 27.2 Å². The Hall–Kier alpha value is -0.860. The van der Waals surface area contributed by atoms with E-state index < -0.39 is 32.5 Å². The summed E-state index contributed by atoms with van der Waals surface area (Å²) in [6.07, 6.45) is -0.0496. The van der Waals surface area contributed by atoms with Gasteiger partial charge in [-0.3, -0.25) is 4.55 Å². The van der Waals surface area contributed by atoms with Crippen LogP contribution in [0.3, 0.4) is 0 Å². The van der Waals surface area contributed by atoms with Gasteiger partial charge in [0.05, 0.1) is 6.61 Å². The fraction of sp³-hybridized carbons (Fsp3) is 0.917. The summed E-state index contributed by atoms with van der Waals surface area (Å²) in [5.41, 5.74) is -1.36. The van der Waals surface area contributed by atoms with Gasteiger partial charge in [-0.2, -0.15) is 8.42 Å². The Balaban J connectivity index is 2.19. The zero-order valence-corrected chi connectivity index (χ0v) is 12.8. The van der Waals surface area contributed by atoms with E-state index in [2.05, 4.69) is 0 Å². The molecule has 2 aliphatic heterocycles. The van der Waals surface area contributed by atoms with Crippen molar-refractivity contribution in [3.63, 3.8) is 0 Å². The molecule has 2 aliphatic rings. The van der Waals surface area contributed by atoms with Gasteiger partial charge in [0.1, 0.15) is 10.9 Å². The van der Waals surface area contributed by atoms with Crippen LogP contribution in [-0.4, -0.2) is 61.1 Å². The van der Waals surface area contributed by atoms with Crippen LogP contribution in [0, 0.1) is 5.41 Å². The Kier molecular flexibility index (Phi) is 3.77. The molecule has 20 heavy (non-hydrogen) atoms. The molecule has 116 valence electrons. The molecule has 0 aliphatic carbocycles. The third-order valence-electron chi connectivity index (χ3n) is 3.72. The number of hydrogen-bond acceptors (Lipinski definition) is 5. The quantitative estimate of drug-likeness (QED) is 0.723. The number of carbonyl (C=O) groups excluding carboxylic acids is 1. The van der Waals surface area contributed by atoms with E-state index in [1.807, 2.05) is 0 Å². The van der Waals surface area contributed by atoms with Crippen molar-refractivity contribution < 1.29 is 27.2 Å². The summed E-state index contributed by atoms with van der Waals surface area (Å²) >= 11 is 0. The van der Waals surface area contributed by atoms with Crippen molar-refractivity contribution in [3.05, 3.63) is 0 Å². The zero-order valence-electron chi connectivity index (χ0n) is 12.0. The lowest BCUT2D eigenvalue weighted by molar-refractivity contribution is 0.0269. The first-order valence-electron chi connectivity index (χ1n) is 6.55. The number of carbonyl (C=O) groups is 1. The Morgan fingerprint density at radius 3 is 2.55 bits per heavy atom. The molecule has 0 radical (unpaired) electrons. The van der Waals surface area contributed by atoms with Gasteiger partial charge >= 0.3 is 6.09 Å². The van der Waals surface area contributed by atoms with Gasteiger partial charge < -0.3 is 14.4 Å². The molecule has 2 rings (SSSR count). The van der Waals surface area contributed by atoms with Crippen LogP contribution in [0.15, 0.2) is 0 Å². The number of likely N-dealkylation sites (tertiary alicyclic amines) is 1. The maximum absolute atomic E-state index is 12.1. The molecule has 2 unspecified atom stereocenters. The van der Waals surface area contributed by atoms with Crippen molar-refractivity contribution in [1.82, 2.24) is 4.90 Å². The molecule has 0 bridgehead atoms. The maximum atomic E-state index is 12.1. The minimum atomic E-state index is -4.23. The Bertz CT molecular complexity index is 489. The van der Waals surface area contributed by atoms with Crippen molar-refractivity contribution in [1.29, 1.82) is 0 Å². The maximum Gasteiger partial charge on any atom is 0.410 e. The highest BCUT2D eigenvalue weighted by molar-refractivity contribution is 7.86. The highest BCUT2D eigenvalue weighted by atomic mass is 32.2. The molecule has 0 aromatic carbocycles. The molecule has 0 aromatic heterocycles. The van der Waals surface area contributed by atoms with Gasteiger partial charge in [0, 0.05) is 25.1 Å². The van der Waals surface area contributed by atoms with Gasteiger partial charge in [0.15, 0.2) is 0 Å². The van der Waals surface area contributed by atoms with Crippen molar-refractivity contribution in [2.45, 2.75) is 38.0 Å². The first kappa shape index (κ1) is 15.5. The topological polar surface area (TPSA) is 93.1 Å². The first-order valence-corrected chi connectivity index (χ1v) is 8.06. The lowest BCUT2D eigenvalue weighted by atomic mass is 9.86. The second-order valence-electron chi connectivity index (χ2n) is 6.53. The molecule has 1 N–H and O–H groups in total. The third kappa shape index (κ3) is 3.07. The van der Waals surface area contributed by atoms with E-state index in [0.29, 0.717) is 13.0 Å². The lowest BCUT2D eigenvalue weighted by Gasteiger charge is -2.26. The number of amides is 1. The van der Waals surface area contributed by atoms with Crippen LogP contribution in [0.25, 0.3) is 0 Å². The standard InChI is InChI=1S/C12H21NO6S/c1-11(2,3)19-10(14)13-6-9(20(15,16)17)12(7-13)4-5-18-8-12/h9H,4-8H2,1-3H3,(H,15,16,17). The predicted octanol–water partition coefficient (Wildman–Crippen LogP) is 0.900. The van der Waals surface area contributed by atoms with E-state index >= 15 is 0 Å². The molecule has 7 nitrogen and oxygen atoms in total. The third-order valence-corrected chi connectivity index (χ3v) is 5.09. The molecular weight excluding hydrogens is 286 g/mol. The van der Waals surface area contributed by atoms with E-state index in [9.17, 15) is 17.8 Å². The van der Waals surface area contributed by atoms with Crippen molar-refractivity contribution in [2.24, 2.45) is 5.41 Å². The molecule has 2 atom stereocenters. The molecule has 1 spiro atoms. The van der Waals surface area contributed by atoms with Gasteiger partial charge in [-0.05, 0) is 27.2 Å². The van der Waals surface area contributed by atoms with E-state index in [-0.39, 0.29) is 19.7 Å². The van der Waals surface area contributed by atoms with Gasteiger partial charge in [-0.25, -0.2) is 4.79 Å². The van der Waals surface area contributed by atoms with Crippen molar-refractivity contribution >= 4 is 16.2 Å². The molecule has 2 heterocycles. The Morgan fingerprint density at radius 1 is 1.45 bits per heavy atom. The Morgan fingerprint density at radius 2 is 2.10 bits per heavy atom. The average molecular weight is 307 g/mol. The predicted molar refractivity (Wildman–Crippen MR) is 71.0 cm³/mol. The van der Waals surface area contributed by atoms with E-state index in [4.69, 9.17) is 9.47 Å². The van der Waals surface area contributed by atoms with E-state index in [0.717, 1.165) is 0 Å². The SMILES string of the molecule is CC(C)(C)OC(=O)N1CC(S(=O)(=O)O)C2(CCOC2)C1. The number of ether oxygens (including phenoxy) is 2. The largest absolute Gasteiger partial charge is 0.444 e. The van der Waals surface area contributed by atoms with E-state index in [1.165, 1.54) is 4.90 Å². The first-order chi connectivity index (χ1) is 9.04. The summed E-state index contributed by atoms with van der Waals surface area (Å²) in [6, 6.07) is 0. The summed E-state index contributed by atoms with van der Waals surface area (Å²) < 4.78 is 43.1. The number of nitrogens with zero attached hydrogens (tertiary/aromatic N) is 1. The van der Waals surface area contributed by atoms with Crippen molar-refractivity contribution in [2.75, 3.05) is 26.3 Å². The van der Waals surface area contributed by atoms with Crippen LogP contribution >= 0.6 is 0 Å². The minimum absolute atomic E-state index is 0.0584. The van der Waals surface area contributed by atoms with Crippen molar-refractivity contribution in [3.8, 4) is 0 Å². The van der Waals surface area contributed by atoms with Crippen LogP contribution in [-0.2, 0) is 19.6 Å². The summed E-state index contributed by atoms with van der Waals surface area (Å²) in [6.45, 7) is 6.08. The normalized spacial score (nSPS) is 31.0. The van der Waals surface area contributed by atoms with Gasteiger partial charge in [0.2, 0.25) is 0 Å². The molecule has 0 saturated carbocycles. The average Bonchev–Trinajstić information content (AvgIpc) is 2.83. The fourth-order valence-electron chi connectivity index (χ4n) is 2.82. The van der Waals surface area contributed by atoms with Gasteiger partial charge in [0.25, 0.3) is 10.1 Å². The highest BCUT2D eigenvalue weighted by Gasteiger charge is 2.56. The second kappa shape index (κ2) is 4.85. The Labute approximate surface area is 119 Å². The molecule has 2 saturated heterocycles. The monoisotopic (exact) mass is 307 g/mol. The van der Waals surface area contributed by atoms with Crippen LogP contribution < -0.4 is 0 Å². The fourth-order valence-corrected chi connectivity index (χ4v) is 4.08. The highest BCUT2D eigenvalue weighted by Crippen LogP contribution is 2.42. The smallest absolute Gasteiger partial charge is 0.410 e. The summed E-state index contributed by atoms with van der Waals surface area (Å²) in [4.78, 5) is 13.4. The number of hydrogen-bond donors (Lipinski definition) is 1.